The molecule has 6 heteroatoms. The first-order valence-electron chi connectivity index (χ1n) is 10.1. The minimum atomic E-state index is -0.617. The monoisotopic (exact) mass is 430 g/mol. The molecule has 0 fully saturated rings. The van der Waals surface area contributed by atoms with Crippen molar-refractivity contribution in [2.24, 2.45) is 0 Å². The largest absolute Gasteiger partial charge is 0.497 e. The van der Waals surface area contributed by atoms with Crippen molar-refractivity contribution in [3.8, 4) is 5.75 Å². The van der Waals surface area contributed by atoms with Gasteiger partial charge in [0.05, 0.1) is 7.11 Å². The summed E-state index contributed by atoms with van der Waals surface area (Å²) < 4.78 is 5.29. The Morgan fingerprint density at radius 3 is 2.47 bits per heavy atom. The van der Waals surface area contributed by atoms with Crippen molar-refractivity contribution in [3.05, 3.63) is 64.7 Å². The highest BCUT2D eigenvalue weighted by Crippen LogP contribution is 2.20. The predicted octanol–water partition coefficient (Wildman–Crippen LogP) is 4.61. The number of benzene rings is 2. The first kappa shape index (κ1) is 23.7. The van der Waals surface area contributed by atoms with E-state index in [0.29, 0.717) is 23.7 Å². The number of carbonyl (C=O) groups is 2. The number of aryl methyl sites for hydroxylation is 1. The van der Waals surface area contributed by atoms with Gasteiger partial charge in [-0.1, -0.05) is 41.9 Å². The Morgan fingerprint density at radius 2 is 1.83 bits per heavy atom. The van der Waals surface area contributed by atoms with Crippen LogP contribution >= 0.6 is 11.6 Å². The lowest BCUT2D eigenvalue weighted by molar-refractivity contribution is -0.141. The normalized spacial score (nSPS) is 12.2. The molecular formula is C24H31ClN2O3. The van der Waals surface area contributed by atoms with E-state index in [-0.39, 0.29) is 23.8 Å². The molecule has 1 atom stereocenters. The Labute approximate surface area is 184 Å². The molecule has 0 spiro atoms. The van der Waals surface area contributed by atoms with Crippen molar-refractivity contribution in [2.45, 2.75) is 58.7 Å². The maximum atomic E-state index is 13.2. The van der Waals surface area contributed by atoms with Crippen LogP contribution in [0.25, 0.3) is 0 Å². The summed E-state index contributed by atoms with van der Waals surface area (Å²) in [5.74, 6) is 0.425. The van der Waals surface area contributed by atoms with E-state index in [9.17, 15) is 9.59 Å². The average Bonchev–Trinajstić information content (AvgIpc) is 2.69. The first-order valence-corrected chi connectivity index (χ1v) is 10.5. The van der Waals surface area contributed by atoms with Gasteiger partial charge < -0.3 is 15.0 Å². The zero-order valence-corrected chi connectivity index (χ0v) is 19.1. The number of rotatable bonds is 8. The summed E-state index contributed by atoms with van der Waals surface area (Å²) in [5, 5.41) is 3.61. The average molecular weight is 431 g/mol. The van der Waals surface area contributed by atoms with E-state index >= 15 is 0 Å². The molecule has 2 rings (SSSR count). The van der Waals surface area contributed by atoms with Crippen LogP contribution in [0.5, 0.6) is 5.75 Å². The zero-order valence-electron chi connectivity index (χ0n) is 18.4. The van der Waals surface area contributed by atoms with Gasteiger partial charge in [-0.05, 0) is 63.4 Å². The number of hydrogen-bond donors (Lipinski definition) is 1. The van der Waals surface area contributed by atoms with E-state index in [2.05, 4.69) is 5.32 Å². The Balaban J connectivity index is 2.21. The molecular weight excluding hydrogens is 400 g/mol. The number of nitrogens with one attached hydrogen (secondary N) is 1. The molecule has 0 bridgehead atoms. The molecule has 0 radical (unpaired) electrons. The van der Waals surface area contributed by atoms with Crippen LogP contribution in [0, 0.1) is 0 Å². The second kappa shape index (κ2) is 10.5. The first-order chi connectivity index (χ1) is 14.1. The van der Waals surface area contributed by atoms with E-state index in [4.69, 9.17) is 16.3 Å². The molecule has 0 heterocycles. The molecule has 0 aliphatic heterocycles. The van der Waals surface area contributed by atoms with Crippen LogP contribution in [0.1, 0.15) is 45.2 Å². The van der Waals surface area contributed by atoms with Gasteiger partial charge in [0.1, 0.15) is 11.8 Å². The number of ether oxygens (including phenoxy) is 1. The molecule has 2 amide bonds. The number of amides is 2. The molecule has 0 saturated heterocycles. The number of hydrogen-bond acceptors (Lipinski definition) is 3. The molecule has 0 aromatic heterocycles. The van der Waals surface area contributed by atoms with Gasteiger partial charge in [0.15, 0.2) is 0 Å². The molecule has 0 aliphatic carbocycles. The van der Waals surface area contributed by atoms with Crippen molar-refractivity contribution in [2.75, 3.05) is 7.11 Å². The van der Waals surface area contributed by atoms with Crippen molar-refractivity contribution in [1.29, 1.82) is 0 Å². The Hall–Kier alpha value is -2.53. The van der Waals surface area contributed by atoms with E-state index in [1.807, 2.05) is 69.3 Å². The van der Waals surface area contributed by atoms with Crippen molar-refractivity contribution < 1.29 is 14.3 Å². The molecule has 0 aliphatic rings. The topological polar surface area (TPSA) is 58.6 Å². The molecule has 2 aromatic rings. The third kappa shape index (κ3) is 7.06. The minimum Gasteiger partial charge on any atom is -0.497 e. The van der Waals surface area contributed by atoms with Crippen LogP contribution < -0.4 is 10.1 Å². The second-order valence-corrected chi connectivity index (χ2v) is 8.79. The molecule has 5 nitrogen and oxygen atoms in total. The van der Waals surface area contributed by atoms with Crippen LogP contribution in [0.15, 0.2) is 48.5 Å². The van der Waals surface area contributed by atoms with Gasteiger partial charge >= 0.3 is 0 Å². The lowest BCUT2D eigenvalue weighted by atomic mass is 10.1. The molecule has 1 unspecified atom stereocenters. The maximum absolute atomic E-state index is 13.2. The smallest absolute Gasteiger partial charge is 0.242 e. The summed E-state index contributed by atoms with van der Waals surface area (Å²) in [6.07, 6.45) is 0.779. The van der Waals surface area contributed by atoms with Gasteiger partial charge in [-0.15, -0.1) is 0 Å². The standard InChI is InChI=1S/C24H31ClN2O3/c1-17(23(29)26-24(2,3)4)27(16-18-9-8-11-20(15-18)30-5)22(28)14-13-19-10-6-7-12-21(19)25/h6-12,15,17H,13-14,16H2,1-5H3,(H,26,29). The van der Waals surface area contributed by atoms with E-state index in [1.165, 1.54) is 0 Å². The fraction of sp³-hybridized carbons (Fsp3) is 0.417. The third-order valence-corrected chi connectivity index (χ3v) is 5.09. The second-order valence-electron chi connectivity index (χ2n) is 8.38. The Morgan fingerprint density at radius 1 is 1.13 bits per heavy atom. The van der Waals surface area contributed by atoms with Crippen molar-refractivity contribution >= 4 is 23.4 Å². The molecule has 2 aromatic carbocycles. The van der Waals surface area contributed by atoms with Gasteiger partial charge in [-0.25, -0.2) is 0 Å². The van der Waals surface area contributed by atoms with Crippen LogP contribution in [0.3, 0.4) is 0 Å². The minimum absolute atomic E-state index is 0.103. The molecule has 162 valence electrons. The molecule has 30 heavy (non-hydrogen) atoms. The highest BCUT2D eigenvalue weighted by Gasteiger charge is 2.28. The van der Waals surface area contributed by atoms with Crippen LogP contribution in [0.2, 0.25) is 5.02 Å². The maximum Gasteiger partial charge on any atom is 0.242 e. The van der Waals surface area contributed by atoms with E-state index < -0.39 is 6.04 Å². The summed E-state index contributed by atoms with van der Waals surface area (Å²) >= 11 is 6.23. The lowest BCUT2D eigenvalue weighted by Gasteiger charge is -2.31. The fourth-order valence-electron chi connectivity index (χ4n) is 3.11. The quantitative estimate of drug-likeness (QED) is 0.665. The summed E-state index contributed by atoms with van der Waals surface area (Å²) in [6.45, 7) is 7.83. The van der Waals surface area contributed by atoms with Crippen molar-refractivity contribution in [1.82, 2.24) is 10.2 Å². The Bertz CT molecular complexity index is 877. The number of carbonyl (C=O) groups excluding carboxylic acids is 2. The fourth-order valence-corrected chi connectivity index (χ4v) is 3.34. The number of halogens is 1. The number of methoxy groups -OCH3 is 1. The summed E-state index contributed by atoms with van der Waals surface area (Å²) in [6, 6.07) is 14.4. The van der Waals surface area contributed by atoms with Crippen LogP contribution in [0.4, 0.5) is 0 Å². The highest BCUT2D eigenvalue weighted by atomic mass is 35.5. The van der Waals surface area contributed by atoms with Crippen LogP contribution in [-0.2, 0) is 22.6 Å². The van der Waals surface area contributed by atoms with Gasteiger partial charge in [0, 0.05) is 23.5 Å². The predicted molar refractivity (Wildman–Crippen MR) is 121 cm³/mol. The van der Waals surface area contributed by atoms with Gasteiger partial charge in [-0.2, -0.15) is 0 Å². The lowest BCUT2D eigenvalue weighted by Crippen LogP contribution is -2.52. The number of nitrogens with zero attached hydrogens (tertiary/aromatic N) is 1. The highest BCUT2D eigenvalue weighted by molar-refractivity contribution is 6.31. The van der Waals surface area contributed by atoms with Crippen LogP contribution in [-0.4, -0.2) is 35.4 Å². The van der Waals surface area contributed by atoms with Gasteiger partial charge in [0.2, 0.25) is 11.8 Å². The SMILES string of the molecule is COc1cccc(CN(C(=O)CCc2ccccc2Cl)C(C)C(=O)NC(C)(C)C)c1. The summed E-state index contributed by atoms with van der Waals surface area (Å²) in [4.78, 5) is 27.6. The summed E-state index contributed by atoms with van der Waals surface area (Å²) in [7, 11) is 1.60. The Kier molecular flexibility index (Phi) is 8.30. The molecule has 1 N–H and O–H groups in total. The summed E-state index contributed by atoms with van der Waals surface area (Å²) in [5.41, 5.74) is 1.43. The van der Waals surface area contributed by atoms with Gasteiger partial charge in [-0.3, -0.25) is 9.59 Å². The van der Waals surface area contributed by atoms with E-state index in [0.717, 1.165) is 11.1 Å². The zero-order chi connectivity index (χ0) is 22.3. The van der Waals surface area contributed by atoms with Crippen molar-refractivity contribution in [3.63, 3.8) is 0 Å². The molecule has 0 saturated carbocycles. The van der Waals surface area contributed by atoms with E-state index in [1.54, 1.807) is 18.9 Å². The van der Waals surface area contributed by atoms with Gasteiger partial charge in [0.25, 0.3) is 0 Å². The third-order valence-electron chi connectivity index (χ3n) is 4.72.